The molecule has 0 radical (unpaired) electrons. The average Bonchev–Trinajstić information content (AvgIpc) is 2.44. The van der Waals surface area contributed by atoms with Gasteiger partial charge >= 0.3 is 5.97 Å². The second-order valence-electron chi connectivity index (χ2n) is 3.93. The summed E-state index contributed by atoms with van der Waals surface area (Å²) in [6, 6.07) is 6.77. The summed E-state index contributed by atoms with van der Waals surface area (Å²) >= 11 is 0. The van der Waals surface area contributed by atoms with Crippen molar-refractivity contribution < 1.29 is 24.1 Å². The summed E-state index contributed by atoms with van der Waals surface area (Å²) in [6.07, 6.45) is 1.31. The van der Waals surface area contributed by atoms with Gasteiger partial charge in [-0.2, -0.15) is 0 Å². The molecule has 1 aromatic rings. The third-order valence-electron chi connectivity index (χ3n) is 2.43. The summed E-state index contributed by atoms with van der Waals surface area (Å²) in [5.74, 6) is 0.329. The van der Waals surface area contributed by atoms with E-state index in [9.17, 15) is 4.79 Å². The molecule has 1 rings (SSSR count). The summed E-state index contributed by atoms with van der Waals surface area (Å²) in [7, 11) is 1.61. The molecule has 0 saturated carbocycles. The van der Waals surface area contributed by atoms with E-state index in [0.717, 1.165) is 0 Å². The molecule has 1 aromatic carbocycles. The number of benzene rings is 1. The van der Waals surface area contributed by atoms with Gasteiger partial charge in [0.1, 0.15) is 12.4 Å². The van der Waals surface area contributed by atoms with E-state index in [0.29, 0.717) is 44.0 Å². The fourth-order valence-corrected chi connectivity index (χ4v) is 1.39. The molecule has 5 nitrogen and oxygen atoms in total. The van der Waals surface area contributed by atoms with Crippen LogP contribution in [0, 0.1) is 0 Å². The third kappa shape index (κ3) is 6.22. The molecule has 0 amide bonds. The largest absolute Gasteiger partial charge is 0.491 e. The summed E-state index contributed by atoms with van der Waals surface area (Å²) in [5, 5.41) is 8.60. The molecule has 0 atom stereocenters. The molecule has 0 fully saturated rings. The van der Waals surface area contributed by atoms with Gasteiger partial charge < -0.3 is 19.3 Å². The number of carbonyl (C=O) groups is 1. The molecule has 106 valence electrons. The molecule has 0 aromatic heterocycles. The molecule has 0 aliphatic heterocycles. The van der Waals surface area contributed by atoms with Gasteiger partial charge in [-0.15, -0.1) is 0 Å². The van der Waals surface area contributed by atoms with E-state index in [1.165, 1.54) is 0 Å². The number of hydrogen-bond donors (Lipinski definition) is 1. The molecule has 0 aliphatic rings. The SMILES string of the molecule is COCCOc1ccc(C(=O)OCCCCO)cc1. The normalized spacial score (nSPS) is 10.2. The molecule has 0 heterocycles. The van der Waals surface area contributed by atoms with E-state index >= 15 is 0 Å². The van der Waals surface area contributed by atoms with Crippen LogP contribution in [0.3, 0.4) is 0 Å². The lowest BCUT2D eigenvalue weighted by atomic mass is 10.2. The quantitative estimate of drug-likeness (QED) is 0.545. The zero-order valence-electron chi connectivity index (χ0n) is 11.1. The van der Waals surface area contributed by atoms with Gasteiger partial charge in [-0.3, -0.25) is 0 Å². The van der Waals surface area contributed by atoms with Crippen molar-refractivity contribution in [3.8, 4) is 5.75 Å². The van der Waals surface area contributed by atoms with Crippen molar-refractivity contribution >= 4 is 5.97 Å². The van der Waals surface area contributed by atoms with Crippen molar-refractivity contribution in [2.24, 2.45) is 0 Å². The molecule has 5 heteroatoms. The maximum Gasteiger partial charge on any atom is 0.338 e. The fourth-order valence-electron chi connectivity index (χ4n) is 1.39. The van der Waals surface area contributed by atoms with Crippen molar-refractivity contribution in [2.45, 2.75) is 12.8 Å². The highest BCUT2D eigenvalue weighted by Gasteiger charge is 2.06. The number of esters is 1. The zero-order valence-corrected chi connectivity index (χ0v) is 11.1. The van der Waals surface area contributed by atoms with E-state index in [2.05, 4.69) is 0 Å². The van der Waals surface area contributed by atoms with Crippen molar-refractivity contribution in [3.05, 3.63) is 29.8 Å². The standard InChI is InChI=1S/C14H20O5/c1-17-10-11-18-13-6-4-12(5-7-13)14(16)19-9-3-2-8-15/h4-7,15H,2-3,8-11H2,1H3. The lowest BCUT2D eigenvalue weighted by Gasteiger charge is -2.07. The fraction of sp³-hybridized carbons (Fsp3) is 0.500. The molecule has 1 N–H and O–H groups in total. The number of ether oxygens (including phenoxy) is 3. The molecule has 0 unspecified atom stereocenters. The summed E-state index contributed by atoms with van der Waals surface area (Å²) in [5.41, 5.74) is 0.489. The number of hydrogen-bond acceptors (Lipinski definition) is 5. The second-order valence-corrected chi connectivity index (χ2v) is 3.93. The number of aliphatic hydroxyl groups excluding tert-OH is 1. The Morgan fingerprint density at radius 2 is 1.84 bits per heavy atom. The molecule has 0 aliphatic carbocycles. The molecule has 0 bridgehead atoms. The Morgan fingerprint density at radius 3 is 2.47 bits per heavy atom. The Morgan fingerprint density at radius 1 is 1.11 bits per heavy atom. The summed E-state index contributed by atoms with van der Waals surface area (Å²) in [4.78, 5) is 11.6. The van der Waals surface area contributed by atoms with Crippen molar-refractivity contribution in [1.29, 1.82) is 0 Å². The minimum atomic E-state index is -0.360. The van der Waals surface area contributed by atoms with E-state index in [1.807, 2.05) is 0 Å². The smallest absolute Gasteiger partial charge is 0.338 e. The Bertz CT molecular complexity index is 361. The van der Waals surface area contributed by atoms with Crippen LogP contribution in [0.5, 0.6) is 5.75 Å². The van der Waals surface area contributed by atoms with Crippen molar-refractivity contribution in [3.63, 3.8) is 0 Å². The van der Waals surface area contributed by atoms with E-state index in [1.54, 1.807) is 31.4 Å². The van der Waals surface area contributed by atoms with Crippen LogP contribution < -0.4 is 4.74 Å². The highest BCUT2D eigenvalue weighted by molar-refractivity contribution is 5.89. The molecular weight excluding hydrogens is 248 g/mol. The molecule has 0 saturated heterocycles. The van der Waals surface area contributed by atoms with Gasteiger partial charge in [0.25, 0.3) is 0 Å². The van der Waals surface area contributed by atoms with Gasteiger partial charge in [-0.1, -0.05) is 0 Å². The minimum Gasteiger partial charge on any atom is -0.491 e. The number of methoxy groups -OCH3 is 1. The van der Waals surface area contributed by atoms with Gasteiger partial charge in [0.2, 0.25) is 0 Å². The topological polar surface area (TPSA) is 65.0 Å². The Hall–Kier alpha value is -1.59. The van der Waals surface area contributed by atoms with Crippen LogP contribution in [0.4, 0.5) is 0 Å². The first-order valence-corrected chi connectivity index (χ1v) is 6.27. The predicted molar refractivity (Wildman–Crippen MR) is 70.4 cm³/mol. The van der Waals surface area contributed by atoms with E-state index in [-0.39, 0.29) is 12.6 Å². The molecule has 0 spiro atoms. The van der Waals surface area contributed by atoms with Gasteiger partial charge in [0, 0.05) is 13.7 Å². The number of rotatable bonds is 9. The minimum absolute atomic E-state index is 0.116. The maximum atomic E-state index is 11.6. The number of aliphatic hydroxyl groups is 1. The highest BCUT2D eigenvalue weighted by Crippen LogP contribution is 2.13. The van der Waals surface area contributed by atoms with Crippen LogP contribution in [-0.2, 0) is 9.47 Å². The first-order valence-electron chi connectivity index (χ1n) is 6.27. The van der Waals surface area contributed by atoms with Gasteiger partial charge in [-0.25, -0.2) is 4.79 Å². The Balaban J connectivity index is 2.35. The Kier molecular flexibility index (Phi) is 7.62. The average molecular weight is 268 g/mol. The van der Waals surface area contributed by atoms with Crippen LogP contribution in [-0.4, -0.2) is 44.6 Å². The van der Waals surface area contributed by atoms with E-state index < -0.39 is 0 Å². The molecule has 19 heavy (non-hydrogen) atoms. The van der Waals surface area contributed by atoms with Gasteiger partial charge in [0.05, 0.1) is 18.8 Å². The van der Waals surface area contributed by atoms with Crippen LogP contribution in [0.15, 0.2) is 24.3 Å². The first kappa shape index (κ1) is 15.5. The number of unbranched alkanes of at least 4 members (excludes halogenated alkanes) is 1. The number of carbonyl (C=O) groups excluding carboxylic acids is 1. The lowest BCUT2D eigenvalue weighted by Crippen LogP contribution is -2.07. The maximum absolute atomic E-state index is 11.6. The second kappa shape index (κ2) is 9.35. The van der Waals surface area contributed by atoms with Gasteiger partial charge in [0.15, 0.2) is 0 Å². The predicted octanol–water partition coefficient (Wildman–Crippen LogP) is 1.64. The Labute approximate surface area is 113 Å². The monoisotopic (exact) mass is 268 g/mol. The lowest BCUT2D eigenvalue weighted by molar-refractivity contribution is 0.0492. The summed E-state index contributed by atoms with van der Waals surface area (Å²) in [6.45, 7) is 1.44. The van der Waals surface area contributed by atoms with Crippen LogP contribution in [0.2, 0.25) is 0 Å². The molecular formula is C14H20O5. The van der Waals surface area contributed by atoms with Crippen LogP contribution >= 0.6 is 0 Å². The summed E-state index contributed by atoms with van der Waals surface area (Å²) < 4.78 is 15.3. The zero-order chi connectivity index (χ0) is 13.9. The van der Waals surface area contributed by atoms with Crippen LogP contribution in [0.25, 0.3) is 0 Å². The van der Waals surface area contributed by atoms with Crippen molar-refractivity contribution in [1.82, 2.24) is 0 Å². The van der Waals surface area contributed by atoms with Gasteiger partial charge in [-0.05, 0) is 37.1 Å². The van der Waals surface area contributed by atoms with Crippen LogP contribution in [0.1, 0.15) is 23.2 Å². The highest BCUT2D eigenvalue weighted by atomic mass is 16.5. The third-order valence-corrected chi connectivity index (χ3v) is 2.43. The van der Waals surface area contributed by atoms with Crippen molar-refractivity contribution in [2.75, 3.05) is 33.5 Å². The van der Waals surface area contributed by atoms with E-state index in [4.69, 9.17) is 19.3 Å². The first-order chi connectivity index (χ1) is 9.27.